The zero-order valence-electron chi connectivity index (χ0n) is 19.9. The number of benzene rings is 2. The smallest absolute Gasteiger partial charge is 0.251 e. The molecule has 2 aromatic heterocycles. The molecule has 0 bridgehead atoms. The number of aryl methyl sites for hydroxylation is 2. The van der Waals surface area contributed by atoms with Crippen LogP contribution in [-0.4, -0.2) is 37.3 Å². The van der Waals surface area contributed by atoms with Gasteiger partial charge in [-0.25, -0.2) is 4.98 Å². The molecule has 0 fully saturated rings. The molecule has 0 aliphatic rings. The van der Waals surface area contributed by atoms with Gasteiger partial charge >= 0.3 is 0 Å². The van der Waals surface area contributed by atoms with Gasteiger partial charge in [0.25, 0.3) is 5.91 Å². The highest BCUT2D eigenvalue weighted by atomic mass is 32.2. The molecule has 0 radical (unpaired) electrons. The summed E-state index contributed by atoms with van der Waals surface area (Å²) in [6.07, 6.45) is 0. The number of hydrogen-bond acceptors (Lipinski definition) is 7. The van der Waals surface area contributed by atoms with Crippen molar-refractivity contribution in [2.45, 2.75) is 32.0 Å². The Morgan fingerprint density at radius 2 is 1.86 bits per heavy atom. The molecule has 0 spiro atoms. The number of thiazole rings is 1. The fourth-order valence-electron chi connectivity index (χ4n) is 3.56. The summed E-state index contributed by atoms with van der Waals surface area (Å²) >= 11 is 2.73. The number of rotatable bonds is 8. The van der Waals surface area contributed by atoms with E-state index in [2.05, 4.69) is 25.8 Å². The van der Waals surface area contributed by atoms with Crippen molar-refractivity contribution in [3.8, 4) is 11.3 Å². The van der Waals surface area contributed by atoms with E-state index in [9.17, 15) is 9.59 Å². The van der Waals surface area contributed by atoms with Crippen molar-refractivity contribution < 1.29 is 9.59 Å². The molecule has 180 valence electrons. The number of aromatic nitrogens is 4. The molecule has 0 unspecified atom stereocenters. The van der Waals surface area contributed by atoms with Crippen LogP contribution in [0.15, 0.2) is 59.8 Å². The Morgan fingerprint density at radius 3 is 2.60 bits per heavy atom. The Labute approximate surface area is 212 Å². The summed E-state index contributed by atoms with van der Waals surface area (Å²) < 4.78 is 1.79. The Balaban J connectivity index is 1.34. The van der Waals surface area contributed by atoms with E-state index in [1.807, 2.05) is 76.3 Å². The van der Waals surface area contributed by atoms with Gasteiger partial charge in [-0.15, -0.1) is 21.5 Å². The fraction of sp³-hybridized carbons (Fsp3) is 0.240. The van der Waals surface area contributed by atoms with Crippen molar-refractivity contribution >= 4 is 40.0 Å². The zero-order chi connectivity index (χ0) is 24.9. The molecule has 1 atom stereocenters. The van der Waals surface area contributed by atoms with Gasteiger partial charge < -0.3 is 15.2 Å². The Hall–Kier alpha value is -3.50. The van der Waals surface area contributed by atoms with E-state index in [-0.39, 0.29) is 23.6 Å². The molecule has 0 saturated carbocycles. The number of nitrogens with one attached hydrogen (secondary N) is 2. The zero-order valence-corrected chi connectivity index (χ0v) is 21.5. The second kappa shape index (κ2) is 10.8. The third kappa shape index (κ3) is 5.95. The van der Waals surface area contributed by atoms with Gasteiger partial charge in [-0.1, -0.05) is 59.8 Å². The third-order valence-corrected chi connectivity index (χ3v) is 7.21. The average Bonchev–Trinajstić information content (AvgIpc) is 3.39. The minimum absolute atomic E-state index is 0.162. The van der Waals surface area contributed by atoms with Crippen molar-refractivity contribution in [1.82, 2.24) is 25.1 Å². The molecule has 8 nitrogen and oxygen atoms in total. The lowest BCUT2D eigenvalue weighted by molar-refractivity contribution is -0.113. The van der Waals surface area contributed by atoms with Crippen molar-refractivity contribution in [3.05, 3.63) is 76.4 Å². The first kappa shape index (κ1) is 24.6. The van der Waals surface area contributed by atoms with Crippen LogP contribution in [0.3, 0.4) is 0 Å². The first-order valence-electron chi connectivity index (χ1n) is 11.0. The molecule has 10 heteroatoms. The standard InChI is InChI=1S/C25H26N6O2S2/c1-15-9-8-12-19(13-15)23(33)26-16(2)22-29-30-25(31(22)4)34-14-20(32)27-24-28-21(17(3)35-24)18-10-6-5-7-11-18/h5-13,16H,14H2,1-4H3,(H,26,33)(H,27,28,32)/t16-/m1/s1. The van der Waals surface area contributed by atoms with Crippen molar-refractivity contribution in [2.75, 3.05) is 11.1 Å². The van der Waals surface area contributed by atoms with Crippen LogP contribution >= 0.6 is 23.1 Å². The van der Waals surface area contributed by atoms with Crippen LogP contribution in [0.1, 0.15) is 39.6 Å². The van der Waals surface area contributed by atoms with Crippen LogP contribution in [0.4, 0.5) is 5.13 Å². The molecule has 2 aromatic carbocycles. The van der Waals surface area contributed by atoms with Crippen LogP contribution in [0, 0.1) is 13.8 Å². The molecule has 2 heterocycles. The van der Waals surface area contributed by atoms with E-state index >= 15 is 0 Å². The number of hydrogen-bond donors (Lipinski definition) is 2. The predicted octanol–water partition coefficient (Wildman–Crippen LogP) is 4.78. The van der Waals surface area contributed by atoms with E-state index < -0.39 is 0 Å². The molecular formula is C25H26N6O2S2. The van der Waals surface area contributed by atoms with Gasteiger partial charge in [0, 0.05) is 23.1 Å². The SMILES string of the molecule is Cc1cccc(C(=O)N[C@H](C)c2nnc(SCC(=O)Nc3nc(-c4ccccc4)c(C)s3)n2C)c1. The lowest BCUT2D eigenvalue weighted by atomic mass is 10.1. The number of anilines is 1. The lowest BCUT2D eigenvalue weighted by Gasteiger charge is -2.14. The molecule has 2 N–H and O–H groups in total. The molecule has 4 aromatic rings. The summed E-state index contributed by atoms with van der Waals surface area (Å²) in [5, 5.41) is 15.4. The molecule has 4 rings (SSSR count). The van der Waals surface area contributed by atoms with Gasteiger partial charge in [-0.05, 0) is 32.9 Å². The van der Waals surface area contributed by atoms with Gasteiger partial charge in [0.2, 0.25) is 5.91 Å². The number of thioether (sulfide) groups is 1. The summed E-state index contributed by atoms with van der Waals surface area (Å²) in [6, 6.07) is 17.0. The normalized spacial score (nSPS) is 11.8. The predicted molar refractivity (Wildman–Crippen MR) is 140 cm³/mol. The Kier molecular flexibility index (Phi) is 7.62. The Morgan fingerprint density at radius 1 is 1.09 bits per heavy atom. The number of amides is 2. The minimum atomic E-state index is -0.349. The van der Waals surface area contributed by atoms with E-state index in [0.29, 0.717) is 21.7 Å². The van der Waals surface area contributed by atoms with Crippen molar-refractivity contribution in [2.24, 2.45) is 7.05 Å². The van der Waals surface area contributed by atoms with Crippen LogP contribution in [0.2, 0.25) is 0 Å². The second-order valence-electron chi connectivity index (χ2n) is 8.09. The molecule has 0 saturated heterocycles. The van der Waals surface area contributed by atoms with E-state index in [4.69, 9.17) is 0 Å². The first-order valence-corrected chi connectivity index (χ1v) is 12.8. The molecule has 2 amide bonds. The van der Waals surface area contributed by atoms with Gasteiger partial charge in [-0.3, -0.25) is 9.59 Å². The molecule has 0 aliphatic heterocycles. The van der Waals surface area contributed by atoms with Crippen LogP contribution in [0.25, 0.3) is 11.3 Å². The summed E-state index contributed by atoms with van der Waals surface area (Å²) in [4.78, 5) is 30.7. The molecule has 35 heavy (non-hydrogen) atoms. The average molecular weight is 507 g/mol. The van der Waals surface area contributed by atoms with Crippen LogP contribution in [0.5, 0.6) is 0 Å². The molecule has 0 aliphatic carbocycles. The summed E-state index contributed by atoms with van der Waals surface area (Å²) in [7, 11) is 1.82. The highest BCUT2D eigenvalue weighted by Gasteiger charge is 2.19. The number of nitrogens with zero attached hydrogens (tertiary/aromatic N) is 4. The summed E-state index contributed by atoms with van der Waals surface area (Å²) in [6.45, 7) is 5.79. The largest absolute Gasteiger partial charge is 0.342 e. The van der Waals surface area contributed by atoms with Gasteiger partial charge in [0.05, 0.1) is 17.5 Å². The molecular weight excluding hydrogens is 480 g/mol. The van der Waals surface area contributed by atoms with E-state index in [0.717, 1.165) is 21.7 Å². The minimum Gasteiger partial charge on any atom is -0.342 e. The monoisotopic (exact) mass is 506 g/mol. The van der Waals surface area contributed by atoms with Crippen LogP contribution < -0.4 is 10.6 Å². The van der Waals surface area contributed by atoms with E-state index in [1.165, 1.54) is 23.1 Å². The van der Waals surface area contributed by atoms with Crippen molar-refractivity contribution in [3.63, 3.8) is 0 Å². The maximum absolute atomic E-state index is 12.6. The topological polar surface area (TPSA) is 102 Å². The quantitative estimate of drug-likeness (QED) is 0.334. The number of carbonyl (C=O) groups excluding carboxylic acids is 2. The van der Waals surface area contributed by atoms with Crippen LogP contribution in [-0.2, 0) is 11.8 Å². The van der Waals surface area contributed by atoms with E-state index in [1.54, 1.807) is 10.6 Å². The first-order chi connectivity index (χ1) is 16.8. The van der Waals surface area contributed by atoms with Gasteiger partial charge in [0.1, 0.15) is 0 Å². The summed E-state index contributed by atoms with van der Waals surface area (Å²) in [5.74, 6) is 0.423. The fourth-order valence-corrected chi connectivity index (χ4v) is 5.13. The lowest BCUT2D eigenvalue weighted by Crippen LogP contribution is -2.28. The van der Waals surface area contributed by atoms with Gasteiger partial charge in [-0.2, -0.15) is 0 Å². The number of carbonyl (C=O) groups is 2. The van der Waals surface area contributed by atoms with Crippen molar-refractivity contribution in [1.29, 1.82) is 0 Å². The second-order valence-corrected chi connectivity index (χ2v) is 10.2. The van der Waals surface area contributed by atoms with Gasteiger partial charge in [0.15, 0.2) is 16.1 Å². The maximum atomic E-state index is 12.6. The Bertz CT molecular complexity index is 1350. The highest BCUT2D eigenvalue weighted by Crippen LogP contribution is 2.30. The maximum Gasteiger partial charge on any atom is 0.251 e. The third-order valence-electron chi connectivity index (χ3n) is 5.31. The highest BCUT2D eigenvalue weighted by molar-refractivity contribution is 7.99. The summed E-state index contributed by atoms with van der Waals surface area (Å²) in [5.41, 5.74) is 3.51.